The molecule has 0 aliphatic rings. The second kappa shape index (κ2) is 12.0. The molecule has 0 radical (unpaired) electrons. The zero-order valence-corrected chi connectivity index (χ0v) is 20.9. The molecule has 0 aliphatic carbocycles. The number of carbonyl (C=O) groups is 1. The summed E-state index contributed by atoms with van der Waals surface area (Å²) in [7, 11) is 0. The van der Waals surface area contributed by atoms with E-state index in [-0.39, 0.29) is 5.97 Å². The van der Waals surface area contributed by atoms with E-state index in [0.717, 1.165) is 33.1 Å². The third-order valence-electron chi connectivity index (χ3n) is 5.40. The average Bonchev–Trinajstić information content (AvgIpc) is 3.28. The Kier molecular flexibility index (Phi) is 9.03. The highest BCUT2D eigenvalue weighted by atomic mass is 32.1. The van der Waals surface area contributed by atoms with E-state index in [9.17, 15) is 4.79 Å². The zero-order valence-electron chi connectivity index (χ0n) is 20.1. The van der Waals surface area contributed by atoms with E-state index in [1.807, 2.05) is 37.4 Å². The molecule has 3 rings (SSSR count). The highest BCUT2D eigenvalue weighted by Crippen LogP contribution is 2.27. The third kappa shape index (κ3) is 6.89. The van der Waals surface area contributed by atoms with E-state index < -0.39 is 6.10 Å². The van der Waals surface area contributed by atoms with Crippen molar-refractivity contribution in [3.8, 4) is 16.3 Å². The number of aromatic nitrogens is 1. The quantitative estimate of drug-likeness (QED) is 0.308. The summed E-state index contributed by atoms with van der Waals surface area (Å²) < 4.78 is 16.7. The Morgan fingerprint density at radius 1 is 1.06 bits per heavy atom. The van der Waals surface area contributed by atoms with Gasteiger partial charge in [0.05, 0.1) is 12.3 Å². The van der Waals surface area contributed by atoms with Crippen LogP contribution in [0.3, 0.4) is 0 Å². The standard InChI is InChI=1S/C27H33NO4S/c1-6-30-25(27(29)31-7-2)15-22-12-13-24(14-19(22)5)32-16-23-17-33-26(28-23)21-10-8-20(9-11-21)18(3)4/h8-14,17-18,25H,6-7,15-16H2,1-5H3. The molecule has 0 amide bonds. The van der Waals surface area contributed by atoms with Crippen LogP contribution in [0.2, 0.25) is 0 Å². The highest BCUT2D eigenvalue weighted by molar-refractivity contribution is 7.13. The lowest BCUT2D eigenvalue weighted by molar-refractivity contribution is -0.156. The first-order valence-corrected chi connectivity index (χ1v) is 12.3. The summed E-state index contributed by atoms with van der Waals surface area (Å²) in [5, 5.41) is 3.04. The SMILES string of the molecule is CCOC(=O)C(Cc1ccc(OCc2csc(-c3ccc(C(C)C)cc3)n2)cc1C)OCC. The number of ether oxygens (including phenoxy) is 3. The topological polar surface area (TPSA) is 57.7 Å². The van der Waals surface area contributed by atoms with Gasteiger partial charge in [0, 0.05) is 24.0 Å². The van der Waals surface area contributed by atoms with Crippen molar-refractivity contribution in [3.05, 3.63) is 70.2 Å². The molecule has 3 aromatic rings. The summed E-state index contributed by atoms with van der Waals surface area (Å²) in [6.45, 7) is 11.3. The smallest absolute Gasteiger partial charge is 0.335 e. The Bertz CT molecular complexity index is 1040. The van der Waals surface area contributed by atoms with Gasteiger partial charge in [-0.2, -0.15) is 0 Å². The summed E-state index contributed by atoms with van der Waals surface area (Å²) in [4.78, 5) is 16.9. The number of benzene rings is 2. The van der Waals surface area contributed by atoms with Gasteiger partial charge in [0.25, 0.3) is 0 Å². The number of hydrogen-bond acceptors (Lipinski definition) is 6. The largest absolute Gasteiger partial charge is 0.487 e. The van der Waals surface area contributed by atoms with E-state index in [0.29, 0.717) is 32.2 Å². The molecule has 0 spiro atoms. The molecule has 6 heteroatoms. The van der Waals surface area contributed by atoms with Crippen LogP contribution in [-0.4, -0.2) is 30.3 Å². The van der Waals surface area contributed by atoms with Gasteiger partial charge in [-0.3, -0.25) is 0 Å². The monoisotopic (exact) mass is 467 g/mol. The normalized spacial score (nSPS) is 12.1. The minimum atomic E-state index is -0.594. The number of thiazole rings is 1. The Morgan fingerprint density at radius 3 is 2.45 bits per heavy atom. The van der Waals surface area contributed by atoms with E-state index in [1.165, 1.54) is 5.56 Å². The predicted molar refractivity (Wildman–Crippen MR) is 133 cm³/mol. The minimum Gasteiger partial charge on any atom is -0.487 e. The van der Waals surface area contributed by atoms with Crippen molar-refractivity contribution in [2.24, 2.45) is 0 Å². The fourth-order valence-electron chi connectivity index (χ4n) is 3.51. The lowest BCUT2D eigenvalue weighted by Crippen LogP contribution is -2.29. The summed E-state index contributed by atoms with van der Waals surface area (Å²) in [5.41, 5.74) is 5.44. The molecule has 0 saturated carbocycles. The molecule has 0 aliphatic heterocycles. The lowest BCUT2D eigenvalue weighted by Gasteiger charge is -2.17. The molecular formula is C27H33NO4S. The summed E-state index contributed by atoms with van der Waals surface area (Å²) in [5.74, 6) is 0.970. The van der Waals surface area contributed by atoms with Crippen LogP contribution in [0.25, 0.3) is 10.6 Å². The van der Waals surface area contributed by atoms with E-state index in [2.05, 4.69) is 38.1 Å². The Hall–Kier alpha value is -2.70. The third-order valence-corrected chi connectivity index (χ3v) is 6.34. The molecule has 2 aromatic carbocycles. The molecule has 1 heterocycles. The highest BCUT2D eigenvalue weighted by Gasteiger charge is 2.21. The van der Waals surface area contributed by atoms with Gasteiger partial charge in [0.15, 0.2) is 6.10 Å². The first kappa shape index (κ1) is 24.9. The lowest BCUT2D eigenvalue weighted by atomic mass is 10.0. The number of rotatable bonds is 11. The van der Waals surface area contributed by atoms with Crippen molar-refractivity contribution >= 4 is 17.3 Å². The molecule has 0 fully saturated rings. The van der Waals surface area contributed by atoms with Gasteiger partial charge in [-0.1, -0.05) is 44.2 Å². The maximum Gasteiger partial charge on any atom is 0.335 e. The van der Waals surface area contributed by atoms with Crippen molar-refractivity contribution in [2.75, 3.05) is 13.2 Å². The van der Waals surface area contributed by atoms with E-state index in [4.69, 9.17) is 19.2 Å². The second-order valence-corrected chi connectivity index (χ2v) is 9.06. The van der Waals surface area contributed by atoms with Gasteiger partial charge in [0.1, 0.15) is 17.4 Å². The number of nitrogens with zero attached hydrogens (tertiary/aromatic N) is 1. The van der Waals surface area contributed by atoms with Crippen molar-refractivity contribution in [1.29, 1.82) is 0 Å². The summed E-state index contributed by atoms with van der Waals surface area (Å²) >= 11 is 1.63. The molecule has 1 aromatic heterocycles. The first-order chi connectivity index (χ1) is 15.9. The van der Waals surface area contributed by atoms with Crippen LogP contribution in [-0.2, 0) is 27.3 Å². The predicted octanol–water partition coefficient (Wildman–Crippen LogP) is 6.33. The van der Waals surface area contributed by atoms with Crippen LogP contribution in [0.15, 0.2) is 47.8 Å². The van der Waals surface area contributed by atoms with Gasteiger partial charge in [-0.25, -0.2) is 9.78 Å². The fourth-order valence-corrected chi connectivity index (χ4v) is 4.32. The molecule has 1 unspecified atom stereocenters. The molecule has 0 N–H and O–H groups in total. The number of carbonyl (C=O) groups excluding carboxylic acids is 1. The van der Waals surface area contributed by atoms with Crippen LogP contribution < -0.4 is 4.74 Å². The van der Waals surface area contributed by atoms with Gasteiger partial charge in [0.2, 0.25) is 0 Å². The Balaban J connectivity index is 1.61. The molecule has 0 bridgehead atoms. The van der Waals surface area contributed by atoms with Crippen LogP contribution in [0.5, 0.6) is 5.75 Å². The van der Waals surface area contributed by atoms with Crippen LogP contribution in [0.1, 0.15) is 56.0 Å². The first-order valence-electron chi connectivity index (χ1n) is 11.5. The van der Waals surface area contributed by atoms with E-state index in [1.54, 1.807) is 18.3 Å². The van der Waals surface area contributed by atoms with Crippen molar-refractivity contribution in [1.82, 2.24) is 4.98 Å². The van der Waals surface area contributed by atoms with Gasteiger partial charge in [-0.15, -0.1) is 11.3 Å². The van der Waals surface area contributed by atoms with E-state index >= 15 is 0 Å². The van der Waals surface area contributed by atoms with Crippen molar-refractivity contribution < 1.29 is 19.0 Å². The number of esters is 1. The van der Waals surface area contributed by atoms with Gasteiger partial charge in [-0.05, 0) is 55.5 Å². The van der Waals surface area contributed by atoms with Crippen LogP contribution >= 0.6 is 11.3 Å². The molecule has 176 valence electrons. The van der Waals surface area contributed by atoms with Gasteiger partial charge >= 0.3 is 5.97 Å². The minimum absolute atomic E-state index is 0.322. The molecular weight excluding hydrogens is 434 g/mol. The second-order valence-electron chi connectivity index (χ2n) is 8.20. The number of aryl methyl sites for hydroxylation is 1. The van der Waals surface area contributed by atoms with Gasteiger partial charge < -0.3 is 14.2 Å². The van der Waals surface area contributed by atoms with Crippen molar-refractivity contribution in [3.63, 3.8) is 0 Å². The fraction of sp³-hybridized carbons (Fsp3) is 0.407. The maximum atomic E-state index is 12.1. The number of hydrogen-bond donors (Lipinski definition) is 0. The zero-order chi connectivity index (χ0) is 23.8. The molecule has 0 saturated heterocycles. The van der Waals surface area contributed by atoms with Crippen molar-refractivity contribution in [2.45, 2.75) is 59.7 Å². The molecule has 1 atom stereocenters. The molecule has 33 heavy (non-hydrogen) atoms. The molecule has 5 nitrogen and oxygen atoms in total. The Morgan fingerprint density at radius 2 is 1.82 bits per heavy atom. The van der Waals surface area contributed by atoms with Crippen LogP contribution in [0.4, 0.5) is 0 Å². The average molecular weight is 468 g/mol. The van der Waals surface area contributed by atoms with Crippen LogP contribution in [0, 0.1) is 6.92 Å². The summed E-state index contributed by atoms with van der Waals surface area (Å²) in [6.07, 6.45) is -0.118. The summed E-state index contributed by atoms with van der Waals surface area (Å²) in [6, 6.07) is 14.5. The maximum absolute atomic E-state index is 12.1. The Labute approximate surface area is 200 Å².